The predicted octanol–water partition coefficient (Wildman–Crippen LogP) is -8.79. The van der Waals surface area contributed by atoms with E-state index in [9.17, 15) is 47.7 Å². The third-order valence-corrected chi connectivity index (χ3v) is 23.2. The lowest BCUT2D eigenvalue weighted by atomic mass is 10.0. The highest BCUT2D eigenvalue weighted by atomic mass is 31.2. The van der Waals surface area contributed by atoms with Crippen LogP contribution < -0.4 is 106 Å². The molecule has 3 heterocycles. The molecule has 680 valence electrons. The van der Waals surface area contributed by atoms with Crippen molar-refractivity contribution in [3.05, 3.63) is 0 Å². The number of rotatable bonds is 56. The number of nitrogens with one attached hydrogen (secondary N) is 7. The summed E-state index contributed by atoms with van der Waals surface area (Å²) in [5.41, 5.74) is 67.0. The average molecular weight is 1740 g/mol. The number of aliphatic hydroxyl groups excluding tert-OH is 1. The van der Waals surface area contributed by atoms with Crippen LogP contribution in [-0.2, 0) is 80.2 Å². The number of carbonyl (C=O) groups is 9. The van der Waals surface area contributed by atoms with E-state index in [1.807, 2.05) is 0 Å². The topological polar surface area (TPSA) is 763 Å². The molecule has 9 amide bonds. The minimum absolute atomic E-state index is 0.00497. The normalized spacial score (nSPS) is 18.9. The molecule has 3 fully saturated rings. The number of hydrogen-bond donors (Lipinski definition) is 20. The molecular weight excluding hydrogens is 1600 g/mol. The van der Waals surface area contributed by atoms with Crippen molar-refractivity contribution in [1.29, 1.82) is 0 Å². The van der Waals surface area contributed by atoms with Crippen LogP contribution in [0.2, 0.25) is 0 Å². The van der Waals surface area contributed by atoms with Crippen LogP contribution >= 0.6 is 15.3 Å². The molecule has 3 aliphatic rings. The van der Waals surface area contributed by atoms with E-state index >= 15 is 4.57 Å². The van der Waals surface area contributed by atoms with Gasteiger partial charge in [-0.3, -0.25) is 77.4 Å². The number of guanidine groups is 6. The summed E-state index contributed by atoms with van der Waals surface area (Å²) in [6.45, 7) is 5.45. The Morgan fingerprint density at radius 1 is 0.429 bits per heavy atom. The van der Waals surface area contributed by atoms with Crippen LogP contribution in [0.15, 0.2) is 30.0 Å². The number of aliphatic hydroxyl groups is 1. The van der Waals surface area contributed by atoms with Gasteiger partial charge in [0.05, 0.1) is 77.2 Å². The van der Waals surface area contributed by atoms with E-state index in [1.165, 1.54) is 26.1 Å². The number of morpholine rings is 2. The lowest BCUT2D eigenvalue weighted by Crippen LogP contribution is -2.60. The van der Waals surface area contributed by atoms with E-state index in [0.29, 0.717) is 0 Å². The van der Waals surface area contributed by atoms with Gasteiger partial charge in [-0.15, -0.1) is 0 Å². The lowest BCUT2D eigenvalue weighted by Gasteiger charge is -2.44. The summed E-state index contributed by atoms with van der Waals surface area (Å²) in [6.07, 6.45) is -3.31. The Morgan fingerprint density at radius 3 is 1.09 bits per heavy atom. The third-order valence-electron chi connectivity index (χ3n) is 18.1. The number of ether oxygens (including phenoxy) is 5. The van der Waals surface area contributed by atoms with E-state index in [1.54, 1.807) is 51.4 Å². The van der Waals surface area contributed by atoms with Gasteiger partial charge < -0.3 is 154 Å². The summed E-state index contributed by atoms with van der Waals surface area (Å²) in [5.74, 6) is -7.95. The Balaban J connectivity index is 1.87. The van der Waals surface area contributed by atoms with Gasteiger partial charge in [0.1, 0.15) is 42.9 Å². The number of amides is 9. The maximum absolute atomic E-state index is 15.2. The van der Waals surface area contributed by atoms with Crippen LogP contribution in [0.3, 0.4) is 0 Å². The van der Waals surface area contributed by atoms with Crippen molar-refractivity contribution in [2.24, 2.45) is 98.8 Å². The van der Waals surface area contributed by atoms with Gasteiger partial charge in [-0.25, -0.2) is 23.5 Å². The van der Waals surface area contributed by atoms with Gasteiger partial charge in [-0.05, 0) is 119 Å². The molecule has 119 heavy (non-hydrogen) atoms. The van der Waals surface area contributed by atoms with Crippen molar-refractivity contribution in [2.75, 3.05) is 179 Å². The van der Waals surface area contributed by atoms with Gasteiger partial charge in [-0.1, -0.05) is 0 Å². The zero-order chi connectivity index (χ0) is 88.8. The number of nitrogens with zero attached hydrogens (tertiary/aromatic N) is 12. The van der Waals surface area contributed by atoms with E-state index < -0.39 is 136 Å². The SMILES string of the molecule is CC(=O)N[C@@H](CCCN=C(N)N)C(=O)N[C@@H](CCCN=C(N)N)C(=O)N[C@@H](CCCN=C(N)N)C(=O)N[C@@H](CCCN=C(N)N)C(=O)N[C@@H](CCCN=C(N)N)C(=O)N[C@@H](CCCN=C(N)N)C(=O)NCC(=O)N1C[C@@H](COP(=O)(N(C)C)N2C[C@@H](COP(=O)(N(C)C)N3CCN(C(=O)OCCOCCOCCO)CC3)O[C@@H](C)C2)O[C@@H](C)C1. The van der Waals surface area contributed by atoms with Crippen LogP contribution in [0.25, 0.3) is 0 Å². The summed E-state index contributed by atoms with van der Waals surface area (Å²) in [7, 11) is -1.20. The molecule has 3 saturated heterocycles. The highest BCUT2D eigenvalue weighted by Gasteiger charge is 2.45. The average Bonchev–Trinajstić information content (AvgIpc) is 0.791. The minimum atomic E-state index is -3.91. The van der Waals surface area contributed by atoms with Crippen molar-refractivity contribution in [3.63, 3.8) is 0 Å². The maximum Gasteiger partial charge on any atom is 0.409 e. The summed E-state index contributed by atoms with van der Waals surface area (Å²) < 4.78 is 77.1. The fraction of sp³-hybridized carbons (Fsp3) is 0.776. The third kappa shape index (κ3) is 41.0. The van der Waals surface area contributed by atoms with E-state index in [4.69, 9.17) is 107 Å². The molecule has 50 nitrogen and oxygen atoms in total. The molecular formula is C67H133N31O19P2. The standard InChI is InChI=1S/C67H133N31O19P2/c1-43-37-96(39-46(116-43)41-115-119(110,94(6)7)98-38-44(2)117-47(40-98)42-114-118(109,93(4)5)97-28-26-95(27-29-97)67(108)113-35-34-112-33-32-111-31-30-99)54(101)36-86-55(102)48(14-8-20-80-61(68)69)88-57(104)50(16-10-22-82-63(72)73)90-59(106)52(18-12-24-84-65(76)77)92-60(107)53(19-13-25-85-66(78)79)91-58(105)51(17-11-23-83-64(74)75)89-56(103)49(87-45(3)100)15-9-21-81-62(70)71/h43-44,46-53,99H,8-42H2,1-7H3,(H,86,102)(H,87,100)(H,88,104)(H,89,103)(H,90,106)(H,91,105)(H,92,107)(H4,68,69,80)(H4,70,71,81)(H4,72,73,82)(H4,74,75,83)(H4,76,77,84)(H4,78,79,85)/t43-,44-,46-,47-,48-,49-,50-,51-,52-,53-,118?,119?/m0/s1. The molecule has 52 heteroatoms. The maximum atomic E-state index is 15.2. The molecule has 0 saturated carbocycles. The molecule has 0 bridgehead atoms. The molecule has 2 unspecified atom stereocenters. The van der Waals surface area contributed by atoms with Gasteiger partial charge in [0.25, 0.3) is 0 Å². The molecule has 0 spiro atoms. The van der Waals surface area contributed by atoms with Gasteiger partial charge in [0.15, 0.2) is 35.8 Å². The fourth-order valence-electron chi connectivity index (χ4n) is 12.4. The van der Waals surface area contributed by atoms with E-state index in [0.717, 1.165) is 0 Å². The molecule has 0 aromatic rings. The number of aliphatic imine (C=N–C) groups is 6. The number of carbonyl (C=O) groups excluding carboxylic acids is 9. The lowest BCUT2D eigenvalue weighted by molar-refractivity contribution is -0.147. The van der Waals surface area contributed by atoms with Crippen molar-refractivity contribution < 1.29 is 90.1 Å². The summed E-state index contributed by atoms with van der Waals surface area (Å²) in [4.78, 5) is 153. The molecule has 0 aliphatic carbocycles. The summed E-state index contributed by atoms with van der Waals surface area (Å²) in [5, 5.41) is 27.4. The zero-order valence-corrected chi connectivity index (χ0v) is 71.3. The number of hydrogen-bond acceptors (Lipinski definition) is 25. The Kier molecular flexibility index (Phi) is 48.4. The second-order valence-electron chi connectivity index (χ2n) is 28.5. The molecule has 0 aromatic carbocycles. The van der Waals surface area contributed by atoms with Crippen molar-refractivity contribution in [1.82, 2.24) is 65.7 Å². The van der Waals surface area contributed by atoms with Crippen molar-refractivity contribution in [2.45, 2.75) is 158 Å². The van der Waals surface area contributed by atoms with Crippen LogP contribution in [0.5, 0.6) is 0 Å². The molecule has 0 radical (unpaired) electrons. The Morgan fingerprint density at radius 2 is 0.748 bits per heavy atom. The predicted molar refractivity (Wildman–Crippen MR) is 444 cm³/mol. The van der Waals surface area contributed by atoms with E-state index in [2.05, 4.69) is 67.2 Å². The van der Waals surface area contributed by atoms with Crippen molar-refractivity contribution in [3.8, 4) is 0 Å². The quantitative estimate of drug-likeness (QED) is 0.0116. The Bertz CT molecular complexity index is 3460. The molecule has 3 aliphatic heterocycles. The summed E-state index contributed by atoms with van der Waals surface area (Å²) in [6, 6.07) is -8.50. The Labute approximate surface area is 694 Å². The van der Waals surface area contributed by atoms with Crippen LogP contribution in [-0.4, -0.2) is 363 Å². The monoisotopic (exact) mass is 1740 g/mol. The van der Waals surface area contributed by atoms with Crippen molar-refractivity contribution >= 4 is 104 Å². The first-order valence-corrected chi connectivity index (χ1v) is 42.4. The largest absolute Gasteiger partial charge is 0.447 e. The first kappa shape index (κ1) is 104. The van der Waals surface area contributed by atoms with Crippen LogP contribution in [0.4, 0.5) is 4.79 Å². The molecule has 32 N–H and O–H groups in total. The number of piperazine rings is 1. The summed E-state index contributed by atoms with van der Waals surface area (Å²) >= 11 is 0. The first-order chi connectivity index (χ1) is 56.3. The van der Waals surface area contributed by atoms with Crippen LogP contribution in [0.1, 0.15) is 97.8 Å². The smallest absolute Gasteiger partial charge is 0.409 e. The molecule has 12 atom stereocenters. The van der Waals surface area contributed by atoms with Gasteiger partial charge >= 0.3 is 21.4 Å². The molecule has 3 rings (SSSR count). The van der Waals surface area contributed by atoms with E-state index in [-0.39, 0.29) is 257 Å². The van der Waals surface area contributed by atoms with Crippen LogP contribution in [0, 0.1) is 0 Å². The highest BCUT2D eigenvalue weighted by Crippen LogP contribution is 2.55. The minimum Gasteiger partial charge on any atom is -0.447 e. The van der Waals surface area contributed by atoms with Gasteiger partial charge in [-0.2, -0.15) is 0 Å². The Hall–Kier alpha value is -9.33. The zero-order valence-electron chi connectivity index (χ0n) is 69.5. The number of nitrogens with two attached hydrogens (primary N) is 12. The highest BCUT2D eigenvalue weighted by molar-refractivity contribution is 7.54. The second kappa shape index (κ2) is 55.5. The van der Waals surface area contributed by atoms with Gasteiger partial charge in [0.2, 0.25) is 47.3 Å². The first-order valence-electron chi connectivity index (χ1n) is 39.3. The second-order valence-corrected chi connectivity index (χ2v) is 33.8. The van der Waals surface area contributed by atoms with Gasteiger partial charge in [0, 0.05) is 98.6 Å². The fourth-order valence-corrected chi connectivity index (χ4v) is 16.4. The molecule has 0 aromatic heterocycles.